The van der Waals surface area contributed by atoms with Crippen molar-refractivity contribution < 1.29 is 24.2 Å². The van der Waals surface area contributed by atoms with Gasteiger partial charge >= 0.3 is 17.9 Å². The molecule has 0 atom stereocenters. The third-order valence-corrected chi connectivity index (χ3v) is 4.41. The number of carbonyl (C=O) groups excluding carboxylic acids is 2. The summed E-state index contributed by atoms with van der Waals surface area (Å²) in [5.74, 6) is -1.46. The van der Waals surface area contributed by atoms with Crippen molar-refractivity contribution in [3.05, 3.63) is 12.2 Å². The summed E-state index contributed by atoms with van der Waals surface area (Å²) in [7, 11) is 0. The Kier molecular flexibility index (Phi) is 18.0. The van der Waals surface area contributed by atoms with E-state index in [0.717, 1.165) is 12.8 Å². The van der Waals surface area contributed by atoms with Crippen LogP contribution in [0.5, 0.6) is 0 Å². The van der Waals surface area contributed by atoms with Crippen LogP contribution in [-0.2, 0) is 19.1 Å². The number of carbonyl (C=O) groups is 3. The average Bonchev–Trinajstić information content (AvgIpc) is 3.01. The maximum atomic E-state index is 10.3. The maximum absolute atomic E-state index is 10.3. The number of cyclic esters (lactones) is 2. The molecular weight excluding hydrogens is 344 g/mol. The first-order valence-electron chi connectivity index (χ1n) is 10.7. The molecule has 0 aromatic carbocycles. The molecule has 156 valence electrons. The van der Waals surface area contributed by atoms with Crippen molar-refractivity contribution in [2.45, 2.75) is 110 Å². The molecule has 0 amide bonds. The first-order valence-corrected chi connectivity index (χ1v) is 10.7. The van der Waals surface area contributed by atoms with Gasteiger partial charge in [-0.15, -0.1) is 0 Å². The van der Waals surface area contributed by atoms with Crippen molar-refractivity contribution in [3.63, 3.8) is 0 Å². The van der Waals surface area contributed by atoms with Gasteiger partial charge in [-0.2, -0.15) is 0 Å². The van der Waals surface area contributed by atoms with E-state index in [4.69, 9.17) is 5.11 Å². The Morgan fingerprint density at radius 3 is 1.67 bits per heavy atom. The molecule has 1 heterocycles. The van der Waals surface area contributed by atoms with Crippen molar-refractivity contribution in [2.75, 3.05) is 0 Å². The lowest BCUT2D eigenvalue weighted by atomic mass is 10.1. The van der Waals surface area contributed by atoms with Gasteiger partial charge in [0, 0.05) is 6.42 Å². The number of hydrogen-bond donors (Lipinski definition) is 1. The zero-order chi connectivity index (χ0) is 20.2. The lowest BCUT2D eigenvalue weighted by molar-refractivity contribution is -0.152. The Labute approximate surface area is 164 Å². The lowest BCUT2D eigenvalue weighted by Crippen LogP contribution is -1.94. The molecule has 0 unspecified atom stereocenters. The van der Waals surface area contributed by atoms with Crippen LogP contribution in [0.4, 0.5) is 0 Å². The Hall–Kier alpha value is -1.65. The van der Waals surface area contributed by atoms with Crippen LogP contribution in [0.3, 0.4) is 0 Å². The molecular formula is C22H38O5. The van der Waals surface area contributed by atoms with Crippen molar-refractivity contribution in [3.8, 4) is 0 Å². The zero-order valence-corrected chi connectivity index (χ0v) is 17.0. The molecule has 0 radical (unpaired) electrons. The second-order valence-corrected chi connectivity index (χ2v) is 7.07. The summed E-state index contributed by atoms with van der Waals surface area (Å²) in [6.07, 6.45) is 21.8. The fourth-order valence-electron chi connectivity index (χ4n) is 2.78. The molecule has 1 fully saturated rings. The highest BCUT2D eigenvalue weighted by Crippen LogP contribution is 2.10. The summed E-state index contributed by atoms with van der Waals surface area (Å²) in [5, 5.41) is 8.51. The summed E-state index contributed by atoms with van der Waals surface area (Å²) in [4.78, 5) is 30.3. The Morgan fingerprint density at radius 2 is 1.26 bits per heavy atom. The van der Waals surface area contributed by atoms with Crippen LogP contribution in [0.15, 0.2) is 12.2 Å². The van der Waals surface area contributed by atoms with E-state index in [-0.39, 0.29) is 12.8 Å². The van der Waals surface area contributed by atoms with Crippen molar-refractivity contribution >= 4 is 17.9 Å². The van der Waals surface area contributed by atoms with Crippen LogP contribution >= 0.6 is 0 Å². The summed E-state index contributed by atoms with van der Waals surface area (Å²) < 4.78 is 4.08. The van der Waals surface area contributed by atoms with Crippen LogP contribution in [0.1, 0.15) is 110 Å². The van der Waals surface area contributed by atoms with E-state index in [1.807, 2.05) is 0 Å². The van der Waals surface area contributed by atoms with Gasteiger partial charge in [-0.05, 0) is 32.1 Å². The molecule has 1 aliphatic rings. The Balaban J connectivity index is 0.000000797. The van der Waals surface area contributed by atoms with Crippen molar-refractivity contribution in [2.24, 2.45) is 0 Å². The first kappa shape index (κ1) is 25.4. The normalized spacial score (nSPS) is 13.5. The van der Waals surface area contributed by atoms with Gasteiger partial charge < -0.3 is 9.84 Å². The molecule has 0 saturated carbocycles. The fraction of sp³-hybridized carbons (Fsp3) is 0.773. The highest BCUT2D eigenvalue weighted by Gasteiger charge is 2.19. The minimum Gasteiger partial charge on any atom is -0.481 e. The van der Waals surface area contributed by atoms with Gasteiger partial charge in [0.15, 0.2) is 0 Å². The molecule has 1 N–H and O–H groups in total. The Morgan fingerprint density at radius 1 is 0.815 bits per heavy atom. The predicted octanol–water partition coefficient (Wildman–Crippen LogP) is 5.96. The van der Waals surface area contributed by atoms with E-state index >= 15 is 0 Å². The van der Waals surface area contributed by atoms with Gasteiger partial charge in [-0.3, -0.25) is 14.4 Å². The molecule has 27 heavy (non-hydrogen) atoms. The molecule has 1 saturated heterocycles. The van der Waals surface area contributed by atoms with Crippen LogP contribution < -0.4 is 0 Å². The highest BCUT2D eigenvalue weighted by molar-refractivity contribution is 5.92. The van der Waals surface area contributed by atoms with Crippen LogP contribution in [0, 0.1) is 0 Å². The Bertz CT molecular complexity index is 414. The molecule has 0 spiro atoms. The largest absolute Gasteiger partial charge is 0.481 e. The van der Waals surface area contributed by atoms with Crippen molar-refractivity contribution in [1.29, 1.82) is 0 Å². The fourth-order valence-corrected chi connectivity index (χ4v) is 2.78. The number of aliphatic carboxylic acids is 1. The van der Waals surface area contributed by atoms with E-state index in [1.54, 1.807) is 0 Å². The third-order valence-electron chi connectivity index (χ3n) is 4.41. The van der Waals surface area contributed by atoms with Gasteiger partial charge in [0.05, 0.1) is 12.8 Å². The molecule has 1 aliphatic heterocycles. The van der Waals surface area contributed by atoms with E-state index in [9.17, 15) is 14.4 Å². The average molecular weight is 383 g/mol. The van der Waals surface area contributed by atoms with Crippen molar-refractivity contribution in [1.82, 2.24) is 0 Å². The first-order chi connectivity index (χ1) is 13.1. The predicted molar refractivity (Wildman–Crippen MR) is 107 cm³/mol. The molecule has 0 bridgehead atoms. The number of rotatable bonds is 15. The minimum absolute atomic E-state index is 0.263. The van der Waals surface area contributed by atoms with Crippen LogP contribution in [0.2, 0.25) is 0 Å². The monoisotopic (exact) mass is 382 g/mol. The van der Waals surface area contributed by atoms with Crippen LogP contribution in [0.25, 0.3) is 0 Å². The maximum Gasteiger partial charge on any atom is 0.314 e. The number of ether oxygens (including phenoxy) is 1. The zero-order valence-electron chi connectivity index (χ0n) is 17.0. The molecule has 0 aromatic rings. The van der Waals surface area contributed by atoms with E-state index in [1.165, 1.54) is 70.6 Å². The molecule has 5 heteroatoms. The molecule has 0 aromatic heterocycles. The highest BCUT2D eigenvalue weighted by atomic mass is 16.6. The van der Waals surface area contributed by atoms with Gasteiger partial charge in [0.1, 0.15) is 0 Å². The quantitative estimate of drug-likeness (QED) is 0.164. The number of esters is 2. The third kappa shape index (κ3) is 20.5. The number of allylic oxidation sites excluding steroid dienone is 2. The van der Waals surface area contributed by atoms with E-state index in [2.05, 4.69) is 23.8 Å². The topological polar surface area (TPSA) is 80.7 Å². The molecule has 0 aliphatic carbocycles. The number of carboxylic acids is 1. The molecule has 1 rings (SSSR count). The summed E-state index contributed by atoms with van der Waals surface area (Å²) in [6, 6.07) is 0. The van der Waals surface area contributed by atoms with Gasteiger partial charge in [-0.1, -0.05) is 70.4 Å². The number of carboxylic acid groups (broad SMARTS) is 1. The smallest absolute Gasteiger partial charge is 0.314 e. The summed E-state index contributed by atoms with van der Waals surface area (Å²) in [6.45, 7) is 2.25. The minimum atomic E-state index is -0.661. The number of unbranched alkanes of at least 4 members (excludes halogenated alkanes) is 11. The number of hydrogen-bond acceptors (Lipinski definition) is 4. The molecule has 5 nitrogen and oxygen atoms in total. The van der Waals surface area contributed by atoms with Gasteiger partial charge in [0.2, 0.25) is 0 Å². The summed E-state index contributed by atoms with van der Waals surface area (Å²) in [5.41, 5.74) is 0. The van der Waals surface area contributed by atoms with Gasteiger partial charge in [0.25, 0.3) is 0 Å². The van der Waals surface area contributed by atoms with E-state index in [0.29, 0.717) is 6.42 Å². The SMILES string of the molecule is CCCCCC/C=C/CCCCCCCCCC(=O)O.O=C1CCC(=O)O1. The standard InChI is InChI=1S/C18H34O2.C4H4O3/c1-2-3-4-5-6-7-8-9-10-11-12-13-14-15-16-17-18(19)20;5-3-1-2-4(6)7-3/h7-8H,2-6,9-17H2,1H3,(H,19,20);1-2H2/b8-7+;. The van der Waals surface area contributed by atoms with E-state index < -0.39 is 17.9 Å². The second-order valence-electron chi connectivity index (χ2n) is 7.07. The lowest BCUT2D eigenvalue weighted by Gasteiger charge is -2.00. The second kappa shape index (κ2) is 19.1. The van der Waals surface area contributed by atoms with Gasteiger partial charge in [-0.25, -0.2) is 0 Å². The summed E-state index contributed by atoms with van der Waals surface area (Å²) >= 11 is 0. The van der Waals surface area contributed by atoms with Crippen LogP contribution in [-0.4, -0.2) is 23.0 Å².